The van der Waals surface area contributed by atoms with E-state index in [0.717, 1.165) is 29.1 Å². The Balaban J connectivity index is 1.76. The van der Waals surface area contributed by atoms with Crippen molar-refractivity contribution in [2.45, 2.75) is 19.5 Å². The molecular weight excluding hydrogens is 368 g/mol. The van der Waals surface area contributed by atoms with Gasteiger partial charge in [-0.1, -0.05) is 29.8 Å². The van der Waals surface area contributed by atoms with Crippen LogP contribution in [0.2, 0.25) is 5.02 Å². The molecule has 2 nitrogen and oxygen atoms in total. The Labute approximate surface area is 144 Å². The van der Waals surface area contributed by atoms with Gasteiger partial charge in [-0.05, 0) is 47.6 Å². The number of likely N-dealkylation sites (N-methyl/N-ethyl adjacent to an activating group) is 1. The normalized spacial score (nSPS) is 12.8. The molecule has 0 bridgehead atoms. The second-order valence-corrected chi connectivity index (χ2v) is 7.40. The Morgan fingerprint density at radius 3 is 2.81 bits per heavy atom. The van der Waals surface area contributed by atoms with E-state index >= 15 is 0 Å². The average molecular weight is 388 g/mol. The van der Waals surface area contributed by atoms with Crippen LogP contribution in [0.4, 0.5) is 0 Å². The molecule has 0 saturated heterocycles. The molecule has 1 heterocycles. The van der Waals surface area contributed by atoms with Gasteiger partial charge in [-0.15, -0.1) is 11.3 Å². The number of halogens is 2. The van der Waals surface area contributed by atoms with Gasteiger partial charge in [0.15, 0.2) is 0 Å². The molecule has 114 valence electrons. The van der Waals surface area contributed by atoms with Crippen LogP contribution in [-0.4, -0.2) is 25.0 Å². The van der Waals surface area contributed by atoms with Crippen molar-refractivity contribution in [3.63, 3.8) is 0 Å². The third kappa shape index (κ3) is 5.08. The smallest absolute Gasteiger partial charge is 0.0453 e. The summed E-state index contributed by atoms with van der Waals surface area (Å²) in [7, 11) is 2.14. The van der Waals surface area contributed by atoms with Gasteiger partial charge in [-0.25, -0.2) is 0 Å². The van der Waals surface area contributed by atoms with Crippen molar-refractivity contribution in [3.8, 4) is 0 Å². The van der Waals surface area contributed by atoms with Gasteiger partial charge in [0.05, 0.1) is 0 Å². The summed E-state index contributed by atoms with van der Waals surface area (Å²) in [6.45, 7) is 5.06. The molecule has 1 atom stereocenters. The van der Waals surface area contributed by atoms with E-state index < -0.39 is 0 Å². The van der Waals surface area contributed by atoms with Gasteiger partial charge in [0.25, 0.3) is 0 Å². The maximum Gasteiger partial charge on any atom is 0.0453 e. The zero-order valence-electron chi connectivity index (χ0n) is 12.3. The van der Waals surface area contributed by atoms with Gasteiger partial charge in [-0.2, -0.15) is 0 Å². The Kier molecular flexibility index (Phi) is 6.71. The molecule has 0 fully saturated rings. The van der Waals surface area contributed by atoms with Crippen molar-refractivity contribution in [1.82, 2.24) is 10.2 Å². The van der Waals surface area contributed by atoms with Crippen LogP contribution in [0.15, 0.2) is 40.2 Å². The summed E-state index contributed by atoms with van der Waals surface area (Å²) in [5.74, 6) is 0. The second-order valence-electron chi connectivity index (χ2n) is 5.09. The molecule has 1 unspecified atom stereocenters. The first kappa shape index (κ1) is 17.0. The lowest BCUT2D eigenvalue weighted by molar-refractivity contribution is 0.261. The third-order valence-corrected chi connectivity index (χ3v) is 5.62. The van der Waals surface area contributed by atoms with Crippen molar-refractivity contribution in [2.24, 2.45) is 0 Å². The fourth-order valence-corrected chi connectivity index (χ4v) is 3.87. The minimum Gasteiger partial charge on any atom is -0.311 e. The van der Waals surface area contributed by atoms with Gasteiger partial charge in [0.2, 0.25) is 0 Å². The first-order chi connectivity index (χ1) is 10.1. The highest BCUT2D eigenvalue weighted by molar-refractivity contribution is 9.10. The lowest BCUT2D eigenvalue weighted by atomic mass is 10.1. The summed E-state index contributed by atoms with van der Waals surface area (Å²) in [6, 6.07) is 10.5. The fraction of sp³-hybridized carbons (Fsp3) is 0.375. The van der Waals surface area contributed by atoms with Crippen LogP contribution in [0, 0.1) is 0 Å². The van der Waals surface area contributed by atoms with Gasteiger partial charge in [0.1, 0.15) is 0 Å². The summed E-state index contributed by atoms with van der Waals surface area (Å²) in [5.41, 5.74) is 1.18. The topological polar surface area (TPSA) is 15.3 Å². The highest BCUT2D eigenvalue weighted by Gasteiger charge is 2.13. The highest BCUT2D eigenvalue weighted by atomic mass is 79.9. The number of benzene rings is 1. The van der Waals surface area contributed by atoms with Gasteiger partial charge in [0, 0.05) is 45.4 Å². The van der Waals surface area contributed by atoms with E-state index in [9.17, 15) is 0 Å². The molecule has 0 aliphatic rings. The summed E-state index contributed by atoms with van der Waals surface area (Å²) in [4.78, 5) is 3.67. The zero-order valence-corrected chi connectivity index (χ0v) is 15.4. The summed E-state index contributed by atoms with van der Waals surface area (Å²) < 4.78 is 1.16. The lowest BCUT2D eigenvalue weighted by Crippen LogP contribution is -2.31. The molecule has 1 aromatic carbocycles. The first-order valence-corrected chi connectivity index (χ1v) is 9.01. The van der Waals surface area contributed by atoms with Crippen LogP contribution in [0.5, 0.6) is 0 Å². The van der Waals surface area contributed by atoms with Crippen molar-refractivity contribution < 1.29 is 0 Å². The molecule has 1 N–H and O–H groups in total. The molecule has 2 aromatic rings. The van der Waals surface area contributed by atoms with E-state index in [-0.39, 0.29) is 0 Å². The monoisotopic (exact) mass is 386 g/mol. The molecule has 0 aliphatic heterocycles. The summed E-state index contributed by atoms with van der Waals surface area (Å²) in [5, 5.41) is 6.44. The lowest BCUT2D eigenvalue weighted by Gasteiger charge is -2.25. The van der Waals surface area contributed by atoms with E-state index in [1.54, 1.807) is 11.3 Å². The number of hydrogen-bond donors (Lipinski definition) is 1. The summed E-state index contributed by atoms with van der Waals surface area (Å²) in [6.07, 6.45) is 0. The van der Waals surface area contributed by atoms with E-state index in [0.29, 0.717) is 6.04 Å². The SMILES string of the molecule is CC(c1ccccc1Cl)N(C)CCNCc1cc(Br)cs1. The second kappa shape index (κ2) is 8.30. The van der Waals surface area contributed by atoms with Crippen molar-refractivity contribution in [2.75, 3.05) is 20.1 Å². The zero-order chi connectivity index (χ0) is 15.2. The quantitative estimate of drug-likeness (QED) is 0.676. The van der Waals surface area contributed by atoms with Gasteiger partial charge < -0.3 is 5.32 Å². The number of thiophene rings is 1. The number of hydrogen-bond acceptors (Lipinski definition) is 3. The Morgan fingerprint density at radius 2 is 2.14 bits per heavy atom. The van der Waals surface area contributed by atoms with E-state index in [2.05, 4.69) is 57.6 Å². The number of nitrogens with zero attached hydrogens (tertiary/aromatic N) is 1. The Morgan fingerprint density at radius 1 is 1.38 bits per heavy atom. The minimum atomic E-state index is 0.316. The van der Waals surface area contributed by atoms with Gasteiger partial charge >= 0.3 is 0 Å². The Hall–Kier alpha value is -0.390. The Bertz CT molecular complexity index is 573. The molecule has 21 heavy (non-hydrogen) atoms. The summed E-state index contributed by atoms with van der Waals surface area (Å²) >= 11 is 11.5. The average Bonchev–Trinajstić information content (AvgIpc) is 2.89. The maximum absolute atomic E-state index is 6.26. The molecule has 1 aromatic heterocycles. The molecular formula is C16H20BrClN2S. The highest BCUT2D eigenvalue weighted by Crippen LogP contribution is 2.25. The van der Waals surface area contributed by atoms with Crippen molar-refractivity contribution >= 4 is 38.9 Å². The standard InChI is InChI=1S/C16H20BrClN2S/c1-12(15-5-3-4-6-16(15)18)20(2)8-7-19-10-14-9-13(17)11-21-14/h3-6,9,11-12,19H,7-8,10H2,1-2H3. The number of nitrogens with one attached hydrogen (secondary N) is 1. The number of rotatable bonds is 7. The predicted molar refractivity (Wildman–Crippen MR) is 96.2 cm³/mol. The fourth-order valence-electron chi connectivity index (χ4n) is 2.16. The van der Waals surface area contributed by atoms with Crippen LogP contribution >= 0.6 is 38.9 Å². The van der Waals surface area contributed by atoms with E-state index in [1.807, 2.05) is 18.2 Å². The largest absolute Gasteiger partial charge is 0.311 e. The van der Waals surface area contributed by atoms with Crippen LogP contribution < -0.4 is 5.32 Å². The molecule has 0 amide bonds. The molecule has 0 aliphatic carbocycles. The molecule has 2 rings (SSSR count). The van der Waals surface area contributed by atoms with Crippen molar-refractivity contribution in [1.29, 1.82) is 0 Å². The minimum absolute atomic E-state index is 0.316. The van der Waals surface area contributed by atoms with E-state index in [1.165, 1.54) is 10.4 Å². The maximum atomic E-state index is 6.26. The van der Waals surface area contributed by atoms with Crippen LogP contribution in [0.3, 0.4) is 0 Å². The van der Waals surface area contributed by atoms with Crippen LogP contribution in [-0.2, 0) is 6.54 Å². The predicted octanol–water partition coefficient (Wildman–Crippen LogP) is 4.95. The molecule has 0 spiro atoms. The van der Waals surface area contributed by atoms with E-state index in [4.69, 9.17) is 11.6 Å². The van der Waals surface area contributed by atoms with Crippen LogP contribution in [0.1, 0.15) is 23.4 Å². The molecule has 0 radical (unpaired) electrons. The van der Waals surface area contributed by atoms with Gasteiger partial charge in [-0.3, -0.25) is 4.90 Å². The third-order valence-electron chi connectivity index (χ3n) is 3.58. The molecule has 0 saturated carbocycles. The first-order valence-electron chi connectivity index (χ1n) is 6.96. The van der Waals surface area contributed by atoms with Crippen LogP contribution in [0.25, 0.3) is 0 Å². The molecule has 5 heteroatoms. The van der Waals surface area contributed by atoms with Crippen molar-refractivity contribution in [3.05, 3.63) is 55.6 Å².